The smallest absolute Gasteiger partial charge is 0.264 e. The van der Waals surface area contributed by atoms with Crippen molar-refractivity contribution < 1.29 is 27.9 Å². The Morgan fingerprint density at radius 3 is 2.31 bits per heavy atom. The molecule has 0 saturated heterocycles. The molecule has 0 spiro atoms. The summed E-state index contributed by atoms with van der Waals surface area (Å²) in [7, 11) is -3.92. The van der Waals surface area contributed by atoms with Crippen molar-refractivity contribution in [2.75, 3.05) is 32.2 Å². The minimum Gasteiger partial charge on any atom is -0.396 e. The molecule has 0 fully saturated rings. The van der Waals surface area contributed by atoms with E-state index >= 15 is 0 Å². The van der Waals surface area contributed by atoms with Gasteiger partial charge in [0, 0.05) is 25.7 Å². The third-order valence-corrected chi connectivity index (χ3v) is 3.15. The van der Waals surface area contributed by atoms with Crippen molar-refractivity contribution in [1.29, 1.82) is 0 Å². The van der Waals surface area contributed by atoms with E-state index in [2.05, 4.69) is 0 Å². The van der Waals surface area contributed by atoms with Crippen LogP contribution in [-0.4, -0.2) is 55.4 Å². The van der Waals surface area contributed by atoms with Gasteiger partial charge in [-0.05, 0) is 12.3 Å². The first kappa shape index (κ1) is 15.8. The zero-order valence-electron chi connectivity index (χ0n) is 9.37. The largest absolute Gasteiger partial charge is 0.396 e. The average Bonchev–Trinajstić information content (AvgIpc) is 2.21. The van der Waals surface area contributed by atoms with Crippen LogP contribution in [0.15, 0.2) is 0 Å². The fourth-order valence-electron chi connectivity index (χ4n) is 1.12. The van der Waals surface area contributed by atoms with Gasteiger partial charge in [0.15, 0.2) is 0 Å². The van der Waals surface area contributed by atoms with Crippen LogP contribution in [0.3, 0.4) is 0 Å². The van der Waals surface area contributed by atoms with Crippen LogP contribution in [0.25, 0.3) is 0 Å². The van der Waals surface area contributed by atoms with E-state index in [1.807, 2.05) is 0 Å². The monoisotopic (exact) mass is 256 g/mol. The van der Waals surface area contributed by atoms with E-state index in [0.717, 1.165) is 0 Å². The maximum absolute atomic E-state index is 10.4. The average molecular weight is 256 g/mol. The van der Waals surface area contributed by atoms with Crippen LogP contribution in [0, 0.1) is 11.8 Å². The molecule has 0 bridgehead atoms. The lowest BCUT2D eigenvalue weighted by atomic mass is 9.97. The van der Waals surface area contributed by atoms with E-state index in [1.54, 1.807) is 6.92 Å². The van der Waals surface area contributed by atoms with E-state index in [1.165, 1.54) is 0 Å². The highest BCUT2D eigenvalue weighted by atomic mass is 32.2. The lowest BCUT2D eigenvalue weighted by Crippen LogP contribution is -2.24. The Morgan fingerprint density at radius 2 is 1.88 bits per heavy atom. The van der Waals surface area contributed by atoms with Crippen LogP contribution in [-0.2, 0) is 14.9 Å². The zero-order chi connectivity index (χ0) is 12.6. The molecule has 0 radical (unpaired) electrons. The Labute approximate surface area is 96.0 Å². The molecule has 0 rings (SSSR count). The molecule has 0 heterocycles. The predicted molar refractivity (Wildman–Crippen MR) is 58.7 cm³/mol. The zero-order valence-corrected chi connectivity index (χ0v) is 10.2. The second-order valence-electron chi connectivity index (χ2n) is 3.82. The van der Waals surface area contributed by atoms with Crippen molar-refractivity contribution in [3.8, 4) is 0 Å². The summed E-state index contributed by atoms with van der Waals surface area (Å²) in [5.41, 5.74) is 0. The molecule has 7 heteroatoms. The Hall–Kier alpha value is -0.210. The van der Waals surface area contributed by atoms with Gasteiger partial charge in [0.1, 0.15) is 0 Å². The van der Waals surface area contributed by atoms with E-state index in [4.69, 9.17) is 19.5 Å². The van der Waals surface area contributed by atoms with Gasteiger partial charge in [-0.2, -0.15) is 8.42 Å². The third kappa shape index (κ3) is 8.00. The second kappa shape index (κ2) is 7.97. The normalized spacial score (nSPS) is 16.0. The molecule has 0 aliphatic carbocycles. The van der Waals surface area contributed by atoms with Crippen LogP contribution in [0.5, 0.6) is 0 Å². The molecule has 0 aliphatic rings. The van der Waals surface area contributed by atoms with Crippen molar-refractivity contribution in [3.63, 3.8) is 0 Å². The Morgan fingerprint density at radius 1 is 1.25 bits per heavy atom. The lowest BCUT2D eigenvalue weighted by molar-refractivity contribution is 0.0354. The molecule has 3 N–H and O–H groups in total. The van der Waals surface area contributed by atoms with Gasteiger partial charge >= 0.3 is 0 Å². The summed E-state index contributed by atoms with van der Waals surface area (Å²) in [6.07, 6.45) is 0.213. The van der Waals surface area contributed by atoms with Crippen molar-refractivity contribution in [2.45, 2.75) is 13.3 Å². The molecule has 0 aliphatic heterocycles. The van der Waals surface area contributed by atoms with Crippen LogP contribution < -0.4 is 0 Å². The third-order valence-electron chi connectivity index (χ3n) is 2.35. The number of ether oxygens (including phenoxy) is 1. The van der Waals surface area contributed by atoms with Gasteiger partial charge < -0.3 is 14.9 Å². The summed E-state index contributed by atoms with van der Waals surface area (Å²) in [5.74, 6) is -0.547. The first-order chi connectivity index (χ1) is 7.40. The van der Waals surface area contributed by atoms with Crippen molar-refractivity contribution in [2.24, 2.45) is 11.8 Å². The molecule has 0 aromatic rings. The highest BCUT2D eigenvalue weighted by molar-refractivity contribution is 7.85. The summed E-state index contributed by atoms with van der Waals surface area (Å²) in [4.78, 5) is 0. The number of rotatable bonds is 9. The molecule has 2 unspecified atom stereocenters. The van der Waals surface area contributed by atoms with E-state index in [0.29, 0.717) is 0 Å². The summed E-state index contributed by atoms with van der Waals surface area (Å²) in [5, 5.41) is 17.9. The molecule has 0 saturated carbocycles. The molecule has 0 amide bonds. The van der Waals surface area contributed by atoms with Gasteiger partial charge in [-0.1, -0.05) is 6.92 Å². The van der Waals surface area contributed by atoms with Gasteiger partial charge in [0.25, 0.3) is 10.1 Å². The molecular weight excluding hydrogens is 236 g/mol. The summed E-state index contributed by atoms with van der Waals surface area (Å²) >= 11 is 0. The van der Waals surface area contributed by atoms with Gasteiger partial charge in [-0.3, -0.25) is 4.55 Å². The minimum absolute atomic E-state index is 0.0282. The van der Waals surface area contributed by atoms with Gasteiger partial charge in [-0.25, -0.2) is 0 Å². The molecule has 0 aromatic carbocycles. The lowest BCUT2D eigenvalue weighted by Gasteiger charge is -2.19. The fraction of sp³-hybridized carbons (Fsp3) is 1.00. The quantitative estimate of drug-likeness (QED) is 0.380. The molecular formula is C9H20O6S. The molecule has 6 nitrogen and oxygen atoms in total. The van der Waals surface area contributed by atoms with Crippen molar-refractivity contribution >= 4 is 10.1 Å². The first-order valence-electron chi connectivity index (χ1n) is 5.15. The summed E-state index contributed by atoms with van der Waals surface area (Å²) < 4.78 is 34.3. The number of hydrogen-bond acceptors (Lipinski definition) is 5. The van der Waals surface area contributed by atoms with Gasteiger partial charge in [0.05, 0.1) is 12.4 Å². The van der Waals surface area contributed by atoms with Crippen molar-refractivity contribution in [3.05, 3.63) is 0 Å². The second-order valence-corrected chi connectivity index (χ2v) is 5.39. The molecule has 16 heavy (non-hydrogen) atoms. The maximum atomic E-state index is 10.4. The van der Waals surface area contributed by atoms with Crippen LogP contribution in [0.2, 0.25) is 0 Å². The number of hydrogen-bond donors (Lipinski definition) is 3. The minimum atomic E-state index is -3.92. The molecule has 0 aromatic heterocycles. The standard InChI is InChI=1S/C9H20O6S/c1-8(5-10)9(6-11)7-15-3-2-4-16(12,13)14/h8-11H,2-7H2,1H3,(H,12,13,14). The van der Waals surface area contributed by atoms with Crippen LogP contribution in [0.4, 0.5) is 0 Å². The van der Waals surface area contributed by atoms with Crippen LogP contribution in [0.1, 0.15) is 13.3 Å². The topological polar surface area (TPSA) is 104 Å². The molecule has 98 valence electrons. The van der Waals surface area contributed by atoms with Crippen LogP contribution >= 0.6 is 0 Å². The van der Waals surface area contributed by atoms with E-state index in [-0.39, 0.29) is 50.4 Å². The highest BCUT2D eigenvalue weighted by Crippen LogP contribution is 2.10. The van der Waals surface area contributed by atoms with Crippen molar-refractivity contribution in [1.82, 2.24) is 0 Å². The first-order valence-corrected chi connectivity index (χ1v) is 6.76. The highest BCUT2D eigenvalue weighted by Gasteiger charge is 2.15. The predicted octanol–water partition coefficient (Wildman–Crippen LogP) is -0.482. The Balaban J connectivity index is 3.64. The number of aliphatic hydroxyl groups excluding tert-OH is 2. The number of aliphatic hydroxyl groups is 2. The fourth-order valence-corrected chi connectivity index (χ4v) is 1.61. The summed E-state index contributed by atoms with van der Waals surface area (Å²) in [6, 6.07) is 0. The SMILES string of the molecule is CC(CO)C(CO)COCCCS(=O)(=O)O. The Bertz CT molecular complexity index is 263. The van der Waals surface area contributed by atoms with E-state index in [9.17, 15) is 8.42 Å². The van der Waals surface area contributed by atoms with E-state index < -0.39 is 10.1 Å². The summed E-state index contributed by atoms with van der Waals surface area (Å²) in [6.45, 7) is 2.15. The van der Waals surface area contributed by atoms with Gasteiger partial charge in [-0.15, -0.1) is 0 Å². The maximum Gasteiger partial charge on any atom is 0.264 e. The van der Waals surface area contributed by atoms with Gasteiger partial charge in [0.2, 0.25) is 0 Å². The Kier molecular flexibility index (Phi) is 7.86. The molecule has 2 atom stereocenters.